The molecule has 3 rings (SSSR count). The predicted octanol–water partition coefficient (Wildman–Crippen LogP) is 2.39. The van der Waals surface area contributed by atoms with E-state index in [1.165, 1.54) is 6.20 Å². The van der Waals surface area contributed by atoms with E-state index in [2.05, 4.69) is 15.3 Å². The average molecular weight is 464 g/mol. The number of amides is 2. The topological polar surface area (TPSA) is 101 Å². The smallest absolute Gasteiger partial charge is 0.329 e. The van der Waals surface area contributed by atoms with Gasteiger partial charge in [-0.2, -0.15) is 17.6 Å². The van der Waals surface area contributed by atoms with Crippen LogP contribution in [0.15, 0.2) is 30.5 Å². The minimum Gasteiger partial charge on any atom is -0.351 e. The molecule has 0 aliphatic carbocycles. The van der Waals surface area contributed by atoms with Gasteiger partial charge in [-0.3, -0.25) is 14.6 Å². The van der Waals surface area contributed by atoms with Gasteiger partial charge in [0, 0.05) is 6.54 Å². The molecule has 0 radical (unpaired) electrons. The third-order valence-electron chi connectivity index (χ3n) is 4.85. The molecule has 1 aromatic heterocycles. The summed E-state index contributed by atoms with van der Waals surface area (Å²) < 4.78 is 52.9. The Morgan fingerprint density at radius 3 is 2.35 bits per heavy atom. The second kappa shape index (κ2) is 9.73. The number of nitrogens with one attached hydrogen (secondary N) is 1. The van der Waals surface area contributed by atoms with Gasteiger partial charge in [0.1, 0.15) is 5.69 Å². The van der Waals surface area contributed by atoms with Crippen molar-refractivity contribution < 1.29 is 27.2 Å². The van der Waals surface area contributed by atoms with Crippen molar-refractivity contribution in [2.24, 2.45) is 5.73 Å². The van der Waals surface area contributed by atoms with Crippen LogP contribution in [0.3, 0.4) is 0 Å². The molecule has 2 amide bonds. The van der Waals surface area contributed by atoms with Crippen molar-refractivity contribution >= 4 is 35.3 Å². The van der Waals surface area contributed by atoms with Gasteiger partial charge in [-0.15, -0.1) is 12.4 Å². The molecule has 2 heterocycles. The Bertz CT molecular complexity index is 930. The standard InChI is InChI=1S/C19H21F4N5O2.ClH/c20-18(21)10-28(11-19(18,22)23)17(30)12(24)5-3-4-8-25-16(29)15-9-26-13-6-1-2-7-14(13)27-15;/h1-2,6-7,9,12H,3-5,8,10-11,24H2,(H,25,29);1H/t12-;/m0./s1. The molecule has 3 N–H and O–H groups in total. The fourth-order valence-corrected chi connectivity index (χ4v) is 3.13. The number of halogens is 5. The number of likely N-dealkylation sites (tertiary alicyclic amines) is 1. The Morgan fingerprint density at radius 2 is 1.71 bits per heavy atom. The summed E-state index contributed by atoms with van der Waals surface area (Å²) in [7, 11) is 0. The summed E-state index contributed by atoms with van der Waals surface area (Å²) in [6, 6.07) is 5.96. The number of hydrogen-bond donors (Lipinski definition) is 2. The Morgan fingerprint density at radius 1 is 1.10 bits per heavy atom. The van der Waals surface area contributed by atoms with Crippen molar-refractivity contribution in [2.45, 2.75) is 37.1 Å². The Labute approximate surface area is 181 Å². The lowest BCUT2D eigenvalue weighted by atomic mass is 10.1. The van der Waals surface area contributed by atoms with E-state index in [0.29, 0.717) is 28.8 Å². The quantitative estimate of drug-likeness (QED) is 0.485. The molecule has 1 atom stereocenters. The van der Waals surface area contributed by atoms with Crippen molar-refractivity contribution in [3.8, 4) is 0 Å². The van der Waals surface area contributed by atoms with Gasteiger partial charge in [-0.1, -0.05) is 12.1 Å². The first-order chi connectivity index (χ1) is 14.1. The SMILES string of the molecule is Cl.N[C@@H](CCCCNC(=O)c1cnc2ccccc2n1)C(=O)N1CC(F)(F)C(F)(F)C1. The Hall–Kier alpha value is -2.53. The zero-order chi connectivity index (χ0) is 21.9. The number of aromatic nitrogens is 2. The third-order valence-corrected chi connectivity index (χ3v) is 4.85. The van der Waals surface area contributed by atoms with Crippen LogP contribution in [0.5, 0.6) is 0 Å². The molecular formula is C19H22ClF4N5O2. The second-order valence-electron chi connectivity index (χ2n) is 7.21. The average Bonchev–Trinajstić information content (AvgIpc) is 2.93. The van der Waals surface area contributed by atoms with Gasteiger partial charge in [0.15, 0.2) is 0 Å². The fraction of sp³-hybridized carbons (Fsp3) is 0.474. The van der Waals surface area contributed by atoms with Crippen molar-refractivity contribution in [3.05, 3.63) is 36.2 Å². The maximum absolute atomic E-state index is 13.2. The Balaban J connectivity index is 0.00000341. The molecule has 170 valence electrons. The summed E-state index contributed by atoms with van der Waals surface area (Å²) in [5.41, 5.74) is 7.10. The largest absolute Gasteiger partial charge is 0.351 e. The lowest BCUT2D eigenvalue weighted by molar-refractivity contribution is -0.172. The van der Waals surface area contributed by atoms with Crippen LogP contribution in [0, 0.1) is 0 Å². The van der Waals surface area contributed by atoms with E-state index in [0.717, 1.165) is 0 Å². The van der Waals surface area contributed by atoms with E-state index in [-0.39, 0.29) is 31.1 Å². The summed E-state index contributed by atoms with van der Waals surface area (Å²) in [5, 5.41) is 2.67. The van der Waals surface area contributed by atoms with Gasteiger partial charge in [0.2, 0.25) is 5.91 Å². The molecule has 12 heteroatoms. The molecule has 0 spiro atoms. The summed E-state index contributed by atoms with van der Waals surface area (Å²) in [5.74, 6) is -9.84. The first-order valence-electron chi connectivity index (χ1n) is 9.41. The molecule has 2 aromatic rings. The number of rotatable bonds is 7. The summed E-state index contributed by atoms with van der Waals surface area (Å²) in [6.45, 7) is -2.40. The minimum atomic E-state index is -4.25. The van der Waals surface area contributed by atoms with Crippen LogP contribution in [0.1, 0.15) is 29.8 Å². The number of carbonyl (C=O) groups excluding carboxylic acids is 2. The predicted molar refractivity (Wildman–Crippen MR) is 107 cm³/mol. The van der Waals surface area contributed by atoms with Crippen LogP contribution in [0.2, 0.25) is 0 Å². The van der Waals surface area contributed by atoms with Gasteiger partial charge >= 0.3 is 11.8 Å². The monoisotopic (exact) mass is 463 g/mol. The van der Waals surface area contributed by atoms with E-state index in [1.807, 2.05) is 6.07 Å². The molecule has 1 saturated heterocycles. The molecule has 1 aliphatic rings. The van der Waals surface area contributed by atoms with Gasteiger partial charge < -0.3 is 16.0 Å². The van der Waals surface area contributed by atoms with Crippen LogP contribution >= 0.6 is 12.4 Å². The highest BCUT2D eigenvalue weighted by atomic mass is 35.5. The van der Waals surface area contributed by atoms with Crippen molar-refractivity contribution in [2.75, 3.05) is 19.6 Å². The van der Waals surface area contributed by atoms with Crippen molar-refractivity contribution in [1.82, 2.24) is 20.2 Å². The number of hydrogen-bond acceptors (Lipinski definition) is 5. The number of para-hydroxylation sites is 2. The van der Waals surface area contributed by atoms with Crippen LogP contribution in [-0.2, 0) is 4.79 Å². The number of benzene rings is 1. The number of alkyl halides is 4. The van der Waals surface area contributed by atoms with Crippen molar-refractivity contribution in [3.63, 3.8) is 0 Å². The van der Waals surface area contributed by atoms with Gasteiger partial charge in [0.25, 0.3) is 5.91 Å². The number of unbranched alkanes of at least 4 members (excludes halogenated alkanes) is 1. The molecular weight excluding hydrogens is 442 g/mol. The fourth-order valence-electron chi connectivity index (χ4n) is 3.13. The van der Waals surface area contributed by atoms with E-state index < -0.39 is 42.8 Å². The summed E-state index contributed by atoms with van der Waals surface area (Å²) in [6.07, 6.45) is 2.35. The number of fused-ring (bicyclic) bond motifs is 1. The van der Waals surface area contributed by atoms with Gasteiger partial charge in [-0.05, 0) is 31.4 Å². The Kier molecular flexibility index (Phi) is 7.77. The maximum Gasteiger partial charge on any atom is 0.329 e. The lowest BCUT2D eigenvalue weighted by Crippen LogP contribution is -2.43. The first kappa shape index (κ1) is 24.7. The molecule has 1 aliphatic heterocycles. The van der Waals surface area contributed by atoms with E-state index in [9.17, 15) is 27.2 Å². The molecule has 1 fully saturated rings. The number of nitrogens with two attached hydrogens (primary N) is 1. The molecule has 7 nitrogen and oxygen atoms in total. The zero-order valence-electron chi connectivity index (χ0n) is 16.4. The minimum absolute atomic E-state index is 0. The van der Waals surface area contributed by atoms with Crippen LogP contribution in [0.25, 0.3) is 11.0 Å². The lowest BCUT2D eigenvalue weighted by Gasteiger charge is -2.19. The summed E-state index contributed by atoms with van der Waals surface area (Å²) in [4.78, 5) is 33.0. The summed E-state index contributed by atoms with van der Waals surface area (Å²) >= 11 is 0. The number of nitrogens with zero attached hydrogens (tertiary/aromatic N) is 3. The van der Waals surface area contributed by atoms with Gasteiger partial charge in [0.05, 0.1) is 36.4 Å². The zero-order valence-corrected chi connectivity index (χ0v) is 17.2. The molecule has 0 saturated carbocycles. The van der Waals surface area contributed by atoms with Crippen LogP contribution in [0.4, 0.5) is 17.6 Å². The van der Waals surface area contributed by atoms with E-state index >= 15 is 0 Å². The highest BCUT2D eigenvalue weighted by Crippen LogP contribution is 2.41. The second-order valence-corrected chi connectivity index (χ2v) is 7.21. The van der Waals surface area contributed by atoms with Crippen LogP contribution in [-0.4, -0.2) is 64.2 Å². The highest BCUT2D eigenvalue weighted by Gasteiger charge is 2.64. The van der Waals surface area contributed by atoms with Crippen LogP contribution < -0.4 is 11.1 Å². The molecule has 1 aromatic carbocycles. The van der Waals surface area contributed by atoms with E-state index in [1.54, 1.807) is 18.2 Å². The maximum atomic E-state index is 13.2. The van der Waals surface area contributed by atoms with Crippen molar-refractivity contribution in [1.29, 1.82) is 0 Å². The molecule has 0 bridgehead atoms. The van der Waals surface area contributed by atoms with E-state index in [4.69, 9.17) is 5.73 Å². The normalized spacial score (nSPS) is 17.8. The molecule has 31 heavy (non-hydrogen) atoms. The third kappa shape index (κ3) is 5.59. The first-order valence-corrected chi connectivity index (χ1v) is 9.41. The highest BCUT2D eigenvalue weighted by molar-refractivity contribution is 5.93. The molecule has 0 unspecified atom stereocenters. The number of carbonyl (C=O) groups is 2. The van der Waals surface area contributed by atoms with Gasteiger partial charge in [-0.25, -0.2) is 4.98 Å².